The Morgan fingerprint density at radius 2 is 2.08 bits per heavy atom. The number of aromatic nitrogens is 2. The fourth-order valence-electron chi connectivity index (χ4n) is 3.31. The molecule has 1 aromatic carbocycles. The number of imidazole rings is 1. The number of hydrogen-bond donors (Lipinski definition) is 1. The number of fused-ring (bicyclic) bond motifs is 1. The zero-order valence-electron chi connectivity index (χ0n) is 15.5. The van der Waals surface area contributed by atoms with Gasteiger partial charge in [-0.15, -0.1) is 0 Å². The number of halogens is 3. The molecule has 1 N–H and O–H groups in total. The summed E-state index contributed by atoms with van der Waals surface area (Å²) in [5.41, 5.74) is 2.70. The summed E-state index contributed by atoms with van der Waals surface area (Å²) < 4.78 is 25.3. The maximum absolute atomic E-state index is 12.6. The minimum Gasteiger partial charge on any atom is -0.365 e. The number of rotatable bonds is 4. The van der Waals surface area contributed by atoms with Gasteiger partial charge in [0.25, 0.3) is 6.43 Å². The van der Waals surface area contributed by atoms with E-state index in [0.717, 1.165) is 21.9 Å². The van der Waals surface area contributed by atoms with E-state index in [-0.39, 0.29) is 17.3 Å². The molecule has 2 heterocycles. The average Bonchev–Trinajstić information content (AvgIpc) is 2.85. The summed E-state index contributed by atoms with van der Waals surface area (Å²) in [6, 6.07) is 4.02. The van der Waals surface area contributed by atoms with E-state index in [9.17, 15) is 8.78 Å². The van der Waals surface area contributed by atoms with Gasteiger partial charge in [0.2, 0.25) is 0 Å². The van der Waals surface area contributed by atoms with Gasteiger partial charge in [0.1, 0.15) is 0 Å². The van der Waals surface area contributed by atoms with Gasteiger partial charge in [-0.3, -0.25) is 4.90 Å². The van der Waals surface area contributed by atoms with Crippen molar-refractivity contribution >= 4 is 40.1 Å². The number of nitrogens with zero attached hydrogens (tertiary/aromatic N) is 3. The SMILES string of the molecule is C[C@@H]1CN(CC(F)F)CCN1c1cc2nc(SC(C)(C)C)[nH]c2cc1Cl. The highest BCUT2D eigenvalue weighted by atomic mass is 35.5. The third-order valence-electron chi connectivity index (χ3n) is 4.35. The van der Waals surface area contributed by atoms with Crippen molar-refractivity contribution in [3.8, 4) is 0 Å². The minimum atomic E-state index is -2.29. The van der Waals surface area contributed by atoms with Crippen LogP contribution in [0, 0.1) is 0 Å². The van der Waals surface area contributed by atoms with Crippen molar-refractivity contribution in [1.82, 2.24) is 14.9 Å². The second-order valence-electron chi connectivity index (χ2n) is 7.77. The molecule has 2 aromatic rings. The number of aromatic amines is 1. The van der Waals surface area contributed by atoms with E-state index in [4.69, 9.17) is 11.6 Å². The third kappa shape index (κ3) is 4.61. The summed E-state index contributed by atoms with van der Waals surface area (Å²) in [4.78, 5) is 12.0. The highest BCUT2D eigenvalue weighted by Crippen LogP contribution is 2.35. The first kappa shape index (κ1) is 19.7. The largest absolute Gasteiger partial charge is 0.365 e. The van der Waals surface area contributed by atoms with Crippen molar-refractivity contribution in [3.05, 3.63) is 17.2 Å². The zero-order chi connectivity index (χ0) is 19.1. The van der Waals surface area contributed by atoms with Crippen molar-refractivity contribution in [2.24, 2.45) is 0 Å². The lowest BCUT2D eigenvalue weighted by molar-refractivity contribution is 0.0795. The van der Waals surface area contributed by atoms with Crippen molar-refractivity contribution in [2.45, 2.75) is 50.1 Å². The highest BCUT2D eigenvalue weighted by Gasteiger charge is 2.27. The molecule has 1 aliphatic heterocycles. The van der Waals surface area contributed by atoms with Crippen LogP contribution in [0.1, 0.15) is 27.7 Å². The molecule has 0 spiro atoms. The maximum Gasteiger partial charge on any atom is 0.251 e. The molecule has 8 heteroatoms. The van der Waals surface area contributed by atoms with Crippen LogP contribution in [-0.4, -0.2) is 58.3 Å². The Labute approximate surface area is 162 Å². The van der Waals surface area contributed by atoms with Crippen LogP contribution in [0.5, 0.6) is 0 Å². The second kappa shape index (κ2) is 7.52. The smallest absolute Gasteiger partial charge is 0.251 e. The van der Waals surface area contributed by atoms with E-state index in [1.54, 1.807) is 11.8 Å². The molecule has 0 bridgehead atoms. The number of hydrogen-bond acceptors (Lipinski definition) is 4. The molecule has 144 valence electrons. The van der Waals surface area contributed by atoms with Crippen LogP contribution >= 0.6 is 23.4 Å². The Balaban J connectivity index is 1.82. The van der Waals surface area contributed by atoms with E-state index in [0.29, 0.717) is 24.7 Å². The summed E-state index contributed by atoms with van der Waals surface area (Å²) in [5.74, 6) is 0. The standard InChI is InChI=1S/C18H25ClF2N4S/c1-11-9-24(10-16(20)21)5-6-25(11)15-8-14-13(7-12(15)19)22-17(23-14)26-18(2,3)4/h7-8,11,16H,5-6,9-10H2,1-4H3,(H,22,23)/t11-/m1/s1. The Morgan fingerprint density at radius 3 is 2.69 bits per heavy atom. The van der Waals surface area contributed by atoms with Crippen LogP contribution in [0.3, 0.4) is 0 Å². The number of benzene rings is 1. The van der Waals surface area contributed by atoms with Crippen LogP contribution in [0.25, 0.3) is 11.0 Å². The Kier molecular flexibility index (Phi) is 5.70. The van der Waals surface area contributed by atoms with E-state index in [2.05, 4.69) is 35.6 Å². The lowest BCUT2D eigenvalue weighted by Crippen LogP contribution is -2.53. The molecule has 0 unspecified atom stereocenters. The molecular formula is C18H25ClF2N4S. The molecule has 0 amide bonds. The number of H-pyrrole nitrogens is 1. The molecule has 3 rings (SSSR count). The topological polar surface area (TPSA) is 35.2 Å². The molecule has 4 nitrogen and oxygen atoms in total. The zero-order valence-corrected chi connectivity index (χ0v) is 17.1. The van der Waals surface area contributed by atoms with Gasteiger partial charge in [-0.2, -0.15) is 0 Å². The van der Waals surface area contributed by atoms with Gasteiger partial charge in [-0.25, -0.2) is 13.8 Å². The number of nitrogens with one attached hydrogen (secondary N) is 1. The molecule has 1 atom stereocenters. The third-order valence-corrected chi connectivity index (χ3v) is 5.65. The molecular weight excluding hydrogens is 378 g/mol. The van der Waals surface area contributed by atoms with Gasteiger partial charge in [-0.05, 0) is 19.1 Å². The fourth-order valence-corrected chi connectivity index (χ4v) is 4.46. The van der Waals surface area contributed by atoms with Gasteiger partial charge >= 0.3 is 0 Å². The van der Waals surface area contributed by atoms with Crippen LogP contribution in [0.4, 0.5) is 14.5 Å². The Hall–Kier alpha value is -1.05. The van der Waals surface area contributed by atoms with Gasteiger partial charge in [0.05, 0.1) is 28.3 Å². The van der Waals surface area contributed by atoms with E-state index in [1.165, 1.54) is 0 Å². The Morgan fingerprint density at radius 1 is 1.35 bits per heavy atom. The van der Waals surface area contributed by atoms with Crippen LogP contribution in [0.2, 0.25) is 5.02 Å². The molecule has 1 aliphatic rings. The fraction of sp³-hybridized carbons (Fsp3) is 0.611. The molecule has 1 fully saturated rings. The highest BCUT2D eigenvalue weighted by molar-refractivity contribution is 8.00. The normalized spacial score (nSPS) is 19.7. The number of anilines is 1. The van der Waals surface area contributed by atoms with Crippen LogP contribution in [0.15, 0.2) is 17.3 Å². The molecule has 1 aromatic heterocycles. The van der Waals surface area contributed by atoms with Crippen LogP contribution < -0.4 is 4.90 Å². The number of piperazine rings is 1. The van der Waals surface area contributed by atoms with Crippen molar-refractivity contribution in [2.75, 3.05) is 31.1 Å². The summed E-state index contributed by atoms with van der Waals surface area (Å²) >= 11 is 8.21. The second-order valence-corrected chi connectivity index (χ2v) is 9.99. The van der Waals surface area contributed by atoms with E-state index >= 15 is 0 Å². The quantitative estimate of drug-likeness (QED) is 0.739. The molecule has 1 saturated heterocycles. The predicted molar refractivity (Wildman–Crippen MR) is 106 cm³/mol. The van der Waals surface area contributed by atoms with Gasteiger partial charge in [-0.1, -0.05) is 44.1 Å². The first-order chi connectivity index (χ1) is 12.1. The van der Waals surface area contributed by atoms with E-state index in [1.807, 2.05) is 24.0 Å². The predicted octanol–water partition coefficient (Wildman–Crippen LogP) is 4.88. The van der Waals surface area contributed by atoms with Gasteiger partial charge in [0.15, 0.2) is 5.16 Å². The van der Waals surface area contributed by atoms with Crippen molar-refractivity contribution < 1.29 is 8.78 Å². The minimum absolute atomic E-state index is 0.0655. The van der Waals surface area contributed by atoms with Crippen molar-refractivity contribution in [1.29, 1.82) is 0 Å². The van der Waals surface area contributed by atoms with Crippen LogP contribution in [-0.2, 0) is 0 Å². The summed E-state index contributed by atoms with van der Waals surface area (Å²) in [6.07, 6.45) is -2.29. The number of thioether (sulfide) groups is 1. The summed E-state index contributed by atoms with van der Waals surface area (Å²) in [6.45, 7) is 10.2. The molecule has 0 saturated carbocycles. The first-order valence-corrected chi connectivity index (χ1v) is 9.97. The van der Waals surface area contributed by atoms with Gasteiger partial charge < -0.3 is 9.88 Å². The van der Waals surface area contributed by atoms with Gasteiger partial charge in [0, 0.05) is 30.4 Å². The first-order valence-electron chi connectivity index (χ1n) is 8.78. The lowest BCUT2D eigenvalue weighted by Gasteiger charge is -2.41. The number of alkyl halides is 2. The molecule has 0 radical (unpaired) electrons. The molecule has 26 heavy (non-hydrogen) atoms. The molecule has 0 aliphatic carbocycles. The average molecular weight is 403 g/mol. The Bertz CT molecular complexity index is 774. The monoisotopic (exact) mass is 402 g/mol. The summed E-state index contributed by atoms with van der Waals surface area (Å²) in [5, 5.41) is 1.53. The lowest BCUT2D eigenvalue weighted by atomic mass is 10.1. The van der Waals surface area contributed by atoms with E-state index < -0.39 is 6.43 Å². The summed E-state index contributed by atoms with van der Waals surface area (Å²) in [7, 11) is 0. The van der Waals surface area contributed by atoms with Crippen molar-refractivity contribution in [3.63, 3.8) is 0 Å². The maximum atomic E-state index is 12.6.